The summed E-state index contributed by atoms with van der Waals surface area (Å²) < 4.78 is 3.36. The van der Waals surface area contributed by atoms with Crippen LogP contribution in [0, 0.1) is 13.8 Å². The number of aromatic nitrogens is 4. The van der Waals surface area contributed by atoms with Crippen molar-refractivity contribution in [2.45, 2.75) is 65.3 Å². The fourth-order valence-electron chi connectivity index (χ4n) is 3.19. The first-order chi connectivity index (χ1) is 14.3. The highest BCUT2D eigenvalue weighted by atomic mass is 32.2. The Morgan fingerprint density at radius 3 is 2.53 bits per heavy atom. The Bertz CT molecular complexity index is 1100. The second-order valence-corrected chi connectivity index (χ2v) is 8.48. The van der Waals surface area contributed by atoms with E-state index < -0.39 is 0 Å². The summed E-state index contributed by atoms with van der Waals surface area (Å²) in [4.78, 5) is 30.5. The van der Waals surface area contributed by atoms with Gasteiger partial charge in [0.15, 0.2) is 10.7 Å². The molecule has 0 radical (unpaired) electrons. The molecule has 0 unspecified atom stereocenters. The molecule has 0 aliphatic heterocycles. The van der Waals surface area contributed by atoms with Gasteiger partial charge in [0.05, 0.1) is 18.0 Å². The molecule has 3 aromatic rings. The predicted octanol–water partition coefficient (Wildman–Crippen LogP) is 3.28. The first-order valence-corrected chi connectivity index (χ1v) is 11.3. The third-order valence-corrected chi connectivity index (χ3v) is 6.07. The molecular weight excluding hydrogens is 398 g/mol. The van der Waals surface area contributed by atoms with Gasteiger partial charge in [-0.3, -0.25) is 18.8 Å². The molecule has 2 heterocycles. The van der Waals surface area contributed by atoms with Crippen molar-refractivity contribution in [3.8, 4) is 0 Å². The molecule has 0 aliphatic carbocycles. The monoisotopic (exact) mass is 427 g/mol. The van der Waals surface area contributed by atoms with Crippen LogP contribution in [-0.2, 0) is 17.9 Å². The summed E-state index contributed by atoms with van der Waals surface area (Å²) >= 11 is 1.29. The quantitative estimate of drug-likeness (QED) is 0.441. The van der Waals surface area contributed by atoms with Crippen LogP contribution in [0.25, 0.3) is 11.0 Å². The number of carbonyl (C=O) groups excluding carboxylic acids is 1. The van der Waals surface area contributed by atoms with E-state index in [9.17, 15) is 9.59 Å². The number of fused-ring (bicyclic) bond motifs is 1. The third kappa shape index (κ3) is 4.75. The zero-order valence-electron chi connectivity index (χ0n) is 18.2. The summed E-state index contributed by atoms with van der Waals surface area (Å²) in [6.45, 7) is 10.8. The Hall–Kier alpha value is -2.61. The number of nitrogens with one attached hydrogen (secondary N) is 1. The Morgan fingerprint density at radius 2 is 1.90 bits per heavy atom. The van der Waals surface area contributed by atoms with Crippen LogP contribution in [0.15, 0.2) is 34.2 Å². The molecule has 1 amide bonds. The van der Waals surface area contributed by atoms with Crippen molar-refractivity contribution >= 4 is 28.7 Å². The molecule has 0 aliphatic rings. The number of hydrogen-bond donors (Lipinski definition) is 1. The lowest BCUT2D eigenvalue weighted by atomic mass is 10.1. The normalized spacial score (nSPS) is 12.3. The minimum Gasteiger partial charge on any atom is -0.353 e. The molecule has 0 bridgehead atoms. The fourth-order valence-corrected chi connectivity index (χ4v) is 3.99. The lowest BCUT2D eigenvalue weighted by Crippen LogP contribution is -2.33. The van der Waals surface area contributed by atoms with E-state index in [4.69, 9.17) is 4.98 Å². The summed E-state index contributed by atoms with van der Waals surface area (Å²) in [6.07, 6.45) is 0.869. The van der Waals surface area contributed by atoms with Crippen LogP contribution in [0.3, 0.4) is 0 Å². The molecule has 8 heteroatoms. The minimum absolute atomic E-state index is 0.0634. The molecule has 1 N–H and O–H groups in total. The summed E-state index contributed by atoms with van der Waals surface area (Å²) in [5.74, 6) is 0.142. The van der Waals surface area contributed by atoms with Gasteiger partial charge in [0.2, 0.25) is 5.91 Å². The predicted molar refractivity (Wildman–Crippen MR) is 121 cm³/mol. The van der Waals surface area contributed by atoms with Crippen molar-refractivity contribution in [3.63, 3.8) is 0 Å². The number of benzene rings is 1. The van der Waals surface area contributed by atoms with Crippen LogP contribution in [0.4, 0.5) is 0 Å². The molecule has 160 valence electrons. The van der Waals surface area contributed by atoms with Gasteiger partial charge in [-0.1, -0.05) is 48.5 Å². The number of amides is 1. The largest absolute Gasteiger partial charge is 0.353 e. The smallest absolute Gasteiger partial charge is 0.280 e. The molecule has 3 rings (SSSR count). The molecule has 1 aromatic carbocycles. The molecule has 0 saturated heterocycles. The zero-order chi connectivity index (χ0) is 21.8. The summed E-state index contributed by atoms with van der Waals surface area (Å²) in [7, 11) is 0. The fraction of sp³-hybridized carbons (Fsp3) is 0.455. The lowest BCUT2D eigenvalue weighted by molar-refractivity contribution is -0.119. The van der Waals surface area contributed by atoms with Gasteiger partial charge in [-0.15, -0.1) is 0 Å². The maximum atomic E-state index is 13.4. The molecule has 0 fully saturated rings. The van der Waals surface area contributed by atoms with Crippen LogP contribution in [0.5, 0.6) is 0 Å². The molecular formula is C22H29N5O2S. The average molecular weight is 428 g/mol. The minimum atomic E-state index is -0.132. The second kappa shape index (κ2) is 9.47. The summed E-state index contributed by atoms with van der Waals surface area (Å²) in [5, 5.41) is 7.96. The van der Waals surface area contributed by atoms with Crippen molar-refractivity contribution in [3.05, 3.63) is 51.4 Å². The molecule has 1 atom stereocenters. The highest BCUT2D eigenvalue weighted by Crippen LogP contribution is 2.21. The second-order valence-electron chi connectivity index (χ2n) is 7.54. The molecule has 7 nitrogen and oxygen atoms in total. The summed E-state index contributed by atoms with van der Waals surface area (Å²) in [5.41, 5.74) is 3.87. The molecule has 30 heavy (non-hydrogen) atoms. The Kier molecular flexibility index (Phi) is 6.97. The van der Waals surface area contributed by atoms with Gasteiger partial charge in [0.25, 0.3) is 5.56 Å². The number of nitrogens with zero attached hydrogens (tertiary/aromatic N) is 4. The van der Waals surface area contributed by atoms with E-state index in [1.54, 1.807) is 9.25 Å². The molecule has 2 aromatic heterocycles. The number of aryl methyl sites for hydroxylation is 3. The van der Waals surface area contributed by atoms with Crippen molar-refractivity contribution in [1.29, 1.82) is 0 Å². The van der Waals surface area contributed by atoms with Gasteiger partial charge in [-0.2, -0.15) is 5.10 Å². The maximum Gasteiger partial charge on any atom is 0.280 e. The van der Waals surface area contributed by atoms with E-state index in [0.29, 0.717) is 29.3 Å². The highest BCUT2D eigenvalue weighted by molar-refractivity contribution is 7.99. The van der Waals surface area contributed by atoms with Gasteiger partial charge in [0.1, 0.15) is 5.52 Å². The van der Waals surface area contributed by atoms with Crippen LogP contribution in [0.1, 0.15) is 44.0 Å². The van der Waals surface area contributed by atoms with Gasteiger partial charge < -0.3 is 5.32 Å². The number of carbonyl (C=O) groups is 1. The van der Waals surface area contributed by atoms with E-state index in [1.807, 2.05) is 58.9 Å². The van der Waals surface area contributed by atoms with E-state index in [0.717, 1.165) is 23.2 Å². The van der Waals surface area contributed by atoms with E-state index in [1.165, 1.54) is 11.8 Å². The first kappa shape index (κ1) is 22.1. The Morgan fingerprint density at radius 1 is 1.20 bits per heavy atom. The lowest BCUT2D eigenvalue weighted by Gasteiger charge is -2.14. The van der Waals surface area contributed by atoms with Gasteiger partial charge >= 0.3 is 0 Å². The van der Waals surface area contributed by atoms with Crippen molar-refractivity contribution < 1.29 is 4.79 Å². The number of hydrogen-bond acceptors (Lipinski definition) is 5. The van der Waals surface area contributed by atoms with Crippen LogP contribution in [0.2, 0.25) is 0 Å². The average Bonchev–Trinajstić information content (AvgIpc) is 3.05. The Balaban J connectivity index is 2.02. The SMILES string of the molecule is CC[C@H](C)NC(=O)CSc1nc2c(C)nn(CC)c2c(=O)n1Cc1ccc(C)cc1. The summed E-state index contributed by atoms with van der Waals surface area (Å²) in [6, 6.07) is 8.20. The van der Waals surface area contributed by atoms with E-state index in [-0.39, 0.29) is 23.3 Å². The topological polar surface area (TPSA) is 81.8 Å². The van der Waals surface area contributed by atoms with Gasteiger partial charge in [-0.05, 0) is 39.7 Å². The zero-order valence-corrected chi connectivity index (χ0v) is 19.0. The van der Waals surface area contributed by atoms with Gasteiger partial charge in [-0.25, -0.2) is 4.98 Å². The van der Waals surface area contributed by atoms with Crippen LogP contribution >= 0.6 is 11.8 Å². The standard InChI is InChI=1S/C22H29N5O2S/c1-6-15(4)23-18(28)13-30-22-24-19-16(5)25-27(7-2)20(19)21(29)26(22)12-17-10-8-14(3)9-11-17/h8-11,15H,6-7,12-13H2,1-5H3,(H,23,28)/t15-/m0/s1. The number of rotatable bonds is 8. The molecule has 0 spiro atoms. The maximum absolute atomic E-state index is 13.4. The number of thioether (sulfide) groups is 1. The van der Waals surface area contributed by atoms with Crippen molar-refractivity contribution in [2.24, 2.45) is 0 Å². The van der Waals surface area contributed by atoms with Crippen molar-refractivity contribution in [2.75, 3.05) is 5.75 Å². The van der Waals surface area contributed by atoms with E-state index in [2.05, 4.69) is 10.4 Å². The van der Waals surface area contributed by atoms with E-state index >= 15 is 0 Å². The van der Waals surface area contributed by atoms with Crippen LogP contribution < -0.4 is 10.9 Å². The Labute approximate surface area is 180 Å². The third-order valence-electron chi connectivity index (χ3n) is 5.09. The highest BCUT2D eigenvalue weighted by Gasteiger charge is 2.19. The first-order valence-electron chi connectivity index (χ1n) is 10.3. The molecule has 0 saturated carbocycles. The van der Waals surface area contributed by atoms with Gasteiger partial charge in [0, 0.05) is 12.6 Å². The van der Waals surface area contributed by atoms with Crippen LogP contribution in [-0.4, -0.2) is 37.0 Å². The van der Waals surface area contributed by atoms with Crippen molar-refractivity contribution in [1.82, 2.24) is 24.6 Å².